The van der Waals surface area contributed by atoms with Gasteiger partial charge >= 0.3 is 6.09 Å². The highest BCUT2D eigenvalue weighted by molar-refractivity contribution is 7.91. The number of pyridine rings is 1. The van der Waals surface area contributed by atoms with E-state index >= 15 is 0 Å². The van der Waals surface area contributed by atoms with Crippen LogP contribution in [0.4, 0.5) is 10.5 Å². The zero-order chi connectivity index (χ0) is 24.8. The number of nitrogens with one attached hydrogen (secondary N) is 2. The van der Waals surface area contributed by atoms with Gasteiger partial charge in [-0.05, 0) is 57.4 Å². The molecule has 1 atom stereocenters. The normalized spacial score (nSPS) is 17.1. The first-order valence-electron chi connectivity index (χ1n) is 10.8. The van der Waals surface area contributed by atoms with Gasteiger partial charge in [0.05, 0.1) is 34.0 Å². The van der Waals surface area contributed by atoms with Crippen LogP contribution < -0.4 is 10.6 Å². The first-order valence-corrected chi connectivity index (χ1v) is 12.5. The van der Waals surface area contributed by atoms with E-state index in [2.05, 4.69) is 20.7 Å². The number of carbonyl (C=O) groups excluding carboxylic acids is 2. The molecule has 0 saturated carbocycles. The summed E-state index contributed by atoms with van der Waals surface area (Å²) < 4.78 is 32.9. The Morgan fingerprint density at radius 3 is 2.65 bits per heavy atom. The summed E-state index contributed by atoms with van der Waals surface area (Å²) in [7, 11) is -1.88. The van der Waals surface area contributed by atoms with Crippen LogP contribution in [0.2, 0.25) is 0 Å². The number of rotatable bonds is 3. The molecule has 2 aromatic heterocycles. The molecule has 1 aliphatic rings. The topological polar surface area (TPSA) is 132 Å². The molecule has 1 unspecified atom stereocenters. The number of benzene rings is 1. The van der Waals surface area contributed by atoms with Crippen molar-refractivity contribution in [3.05, 3.63) is 47.3 Å². The first-order chi connectivity index (χ1) is 15.9. The van der Waals surface area contributed by atoms with Gasteiger partial charge in [0.15, 0.2) is 15.5 Å². The Kier molecular flexibility index (Phi) is 5.84. The highest BCUT2D eigenvalue weighted by atomic mass is 32.2. The molecular weight excluding hydrogens is 458 g/mol. The third-order valence-corrected chi connectivity index (χ3v) is 7.55. The molecule has 3 aromatic rings. The Labute approximate surface area is 197 Å². The van der Waals surface area contributed by atoms with Crippen molar-refractivity contribution in [2.75, 3.05) is 11.1 Å². The monoisotopic (exact) mass is 485 g/mol. The largest absolute Gasteiger partial charge is 0.444 e. The maximum atomic E-state index is 13.2. The number of anilines is 1. The fourth-order valence-electron chi connectivity index (χ4n) is 4.12. The molecule has 180 valence electrons. The van der Waals surface area contributed by atoms with Gasteiger partial charge in [-0.25, -0.2) is 18.2 Å². The summed E-state index contributed by atoms with van der Waals surface area (Å²) in [6.45, 7) is 6.86. The van der Waals surface area contributed by atoms with Crippen molar-refractivity contribution in [3.8, 4) is 0 Å². The predicted molar refractivity (Wildman–Crippen MR) is 126 cm³/mol. The highest BCUT2D eigenvalue weighted by Gasteiger charge is 2.35. The number of aryl methyl sites for hydroxylation is 1. The molecule has 2 amide bonds. The second-order valence-electron chi connectivity index (χ2n) is 9.28. The smallest absolute Gasteiger partial charge is 0.408 e. The number of hydrogen-bond donors (Lipinski definition) is 2. The number of sulfone groups is 1. The van der Waals surface area contributed by atoms with Crippen molar-refractivity contribution in [2.24, 2.45) is 7.05 Å². The second kappa shape index (κ2) is 8.39. The van der Waals surface area contributed by atoms with Crippen LogP contribution in [0.25, 0.3) is 11.0 Å². The summed E-state index contributed by atoms with van der Waals surface area (Å²) in [6.07, 6.45) is 2.77. The fraction of sp³-hybridized carbons (Fsp3) is 0.391. The van der Waals surface area contributed by atoms with Gasteiger partial charge in [0.25, 0.3) is 5.91 Å². The Morgan fingerprint density at radius 2 is 1.94 bits per heavy atom. The summed E-state index contributed by atoms with van der Waals surface area (Å²) in [5, 5.41) is 10.4. The van der Waals surface area contributed by atoms with Crippen LogP contribution in [-0.2, 0) is 21.6 Å². The molecule has 0 aliphatic carbocycles. The van der Waals surface area contributed by atoms with Gasteiger partial charge in [-0.3, -0.25) is 9.48 Å². The van der Waals surface area contributed by atoms with E-state index in [1.54, 1.807) is 70.0 Å². The minimum Gasteiger partial charge on any atom is -0.444 e. The molecular formula is C23H27N5O5S. The third-order valence-electron chi connectivity index (χ3n) is 5.62. The standard InChI is InChI=1S/C23H27N5O5S/c1-13-14(21(29)26-17-8-10-24-20-16(17)12-25-28(20)5)6-7-15-18(9-11-34(31,32)19(13)15)27-22(30)33-23(2,3)4/h6-8,10,12,18H,9,11H2,1-5H3,(H,27,30)(H,24,26,29). The molecule has 0 radical (unpaired) electrons. The maximum absolute atomic E-state index is 13.2. The molecule has 3 heterocycles. The van der Waals surface area contributed by atoms with Gasteiger partial charge < -0.3 is 15.4 Å². The number of carbonyl (C=O) groups is 2. The summed E-state index contributed by atoms with van der Waals surface area (Å²) in [6, 6.07) is 4.28. The minimum atomic E-state index is -3.63. The van der Waals surface area contributed by atoms with Gasteiger partial charge in [0.2, 0.25) is 0 Å². The lowest BCUT2D eigenvalue weighted by atomic mass is 9.97. The summed E-state index contributed by atoms with van der Waals surface area (Å²) >= 11 is 0. The highest BCUT2D eigenvalue weighted by Crippen LogP contribution is 2.36. The average molecular weight is 486 g/mol. The zero-order valence-corrected chi connectivity index (χ0v) is 20.5. The molecule has 1 aliphatic heterocycles. The number of hydrogen-bond acceptors (Lipinski definition) is 7. The van der Waals surface area contributed by atoms with Crippen LogP contribution in [0.15, 0.2) is 35.5 Å². The molecule has 0 bridgehead atoms. The van der Waals surface area contributed by atoms with E-state index in [4.69, 9.17) is 4.74 Å². The average Bonchev–Trinajstić information content (AvgIpc) is 3.10. The Morgan fingerprint density at radius 1 is 1.21 bits per heavy atom. The summed E-state index contributed by atoms with van der Waals surface area (Å²) in [5.41, 5.74) is 1.46. The van der Waals surface area contributed by atoms with E-state index in [0.717, 1.165) is 0 Å². The predicted octanol–water partition coefficient (Wildman–Crippen LogP) is 3.27. The van der Waals surface area contributed by atoms with Gasteiger partial charge in [-0.1, -0.05) is 6.07 Å². The lowest BCUT2D eigenvalue weighted by molar-refractivity contribution is 0.0500. The lowest BCUT2D eigenvalue weighted by Crippen LogP contribution is -2.38. The number of ether oxygens (including phenoxy) is 1. The first kappa shape index (κ1) is 23.7. The van der Waals surface area contributed by atoms with E-state index in [1.165, 1.54) is 0 Å². The molecule has 0 fully saturated rings. The lowest BCUT2D eigenvalue weighted by Gasteiger charge is -2.29. The molecule has 11 heteroatoms. The molecule has 34 heavy (non-hydrogen) atoms. The van der Waals surface area contributed by atoms with Crippen LogP contribution in [0.1, 0.15) is 54.7 Å². The van der Waals surface area contributed by atoms with E-state index in [0.29, 0.717) is 27.8 Å². The Balaban J connectivity index is 1.67. The SMILES string of the molecule is Cc1c(C(=O)Nc2ccnc3c2cnn3C)ccc2c1S(=O)(=O)CCC2NC(=O)OC(C)(C)C. The van der Waals surface area contributed by atoms with E-state index in [-0.39, 0.29) is 22.6 Å². The van der Waals surface area contributed by atoms with Crippen LogP contribution >= 0.6 is 0 Å². The van der Waals surface area contributed by atoms with Crippen molar-refractivity contribution >= 4 is 38.6 Å². The van der Waals surface area contributed by atoms with Crippen molar-refractivity contribution in [2.45, 2.75) is 50.7 Å². The van der Waals surface area contributed by atoms with Crippen LogP contribution in [0, 0.1) is 6.92 Å². The summed E-state index contributed by atoms with van der Waals surface area (Å²) in [4.78, 5) is 29.8. The van der Waals surface area contributed by atoms with Crippen molar-refractivity contribution in [3.63, 3.8) is 0 Å². The van der Waals surface area contributed by atoms with Crippen LogP contribution in [0.5, 0.6) is 0 Å². The second-order valence-corrected chi connectivity index (χ2v) is 11.3. The van der Waals surface area contributed by atoms with Crippen LogP contribution in [0.3, 0.4) is 0 Å². The third kappa shape index (κ3) is 4.47. The number of amides is 2. The summed E-state index contributed by atoms with van der Waals surface area (Å²) in [5.74, 6) is -0.596. The van der Waals surface area contributed by atoms with Gasteiger partial charge in [0.1, 0.15) is 5.60 Å². The number of aromatic nitrogens is 3. The minimum absolute atomic E-state index is 0.0775. The van der Waals surface area contributed by atoms with Gasteiger partial charge in [-0.2, -0.15) is 5.10 Å². The fourth-order valence-corrected chi connectivity index (χ4v) is 6.02. The van der Waals surface area contributed by atoms with E-state index in [9.17, 15) is 18.0 Å². The zero-order valence-electron chi connectivity index (χ0n) is 19.7. The molecule has 2 N–H and O–H groups in total. The number of fused-ring (bicyclic) bond motifs is 2. The number of nitrogens with zero attached hydrogens (tertiary/aromatic N) is 3. The quantitative estimate of drug-likeness (QED) is 0.582. The van der Waals surface area contributed by atoms with Crippen LogP contribution in [-0.4, -0.2) is 46.5 Å². The Bertz CT molecular complexity index is 1410. The van der Waals surface area contributed by atoms with Crippen molar-refractivity contribution in [1.82, 2.24) is 20.1 Å². The van der Waals surface area contributed by atoms with E-state index < -0.39 is 33.5 Å². The number of alkyl carbamates (subject to hydrolysis) is 1. The van der Waals surface area contributed by atoms with E-state index in [1.807, 2.05) is 0 Å². The van der Waals surface area contributed by atoms with Crippen molar-refractivity contribution in [1.29, 1.82) is 0 Å². The van der Waals surface area contributed by atoms with Crippen molar-refractivity contribution < 1.29 is 22.7 Å². The molecule has 4 rings (SSSR count). The molecule has 10 nitrogen and oxygen atoms in total. The van der Waals surface area contributed by atoms with Gasteiger partial charge in [0, 0.05) is 18.8 Å². The molecule has 0 spiro atoms. The molecule has 0 saturated heterocycles. The van der Waals surface area contributed by atoms with Gasteiger partial charge in [-0.15, -0.1) is 0 Å². The Hall–Kier alpha value is -3.47. The maximum Gasteiger partial charge on any atom is 0.408 e. The molecule has 1 aromatic carbocycles.